The molecule has 1 amide bonds. The van der Waals surface area contributed by atoms with E-state index >= 15 is 0 Å². The summed E-state index contributed by atoms with van der Waals surface area (Å²) in [5.74, 6) is 1.43. The summed E-state index contributed by atoms with van der Waals surface area (Å²) < 4.78 is 7.29. The van der Waals surface area contributed by atoms with E-state index in [4.69, 9.17) is 4.74 Å². The van der Waals surface area contributed by atoms with Crippen molar-refractivity contribution in [1.29, 1.82) is 0 Å². The number of hydrogen-bond acceptors (Lipinski definition) is 5. The molecule has 1 aliphatic carbocycles. The molecule has 6 nitrogen and oxygen atoms in total. The van der Waals surface area contributed by atoms with Crippen molar-refractivity contribution >= 4 is 17.2 Å². The summed E-state index contributed by atoms with van der Waals surface area (Å²) in [4.78, 5) is 20.2. The Kier molecular flexibility index (Phi) is 3.83. The number of nitrogens with zero attached hydrogens (tertiary/aromatic N) is 4. The lowest BCUT2D eigenvalue weighted by Crippen LogP contribution is -2.30. The van der Waals surface area contributed by atoms with Crippen LogP contribution in [-0.2, 0) is 7.05 Å². The number of aromatic nitrogens is 3. The summed E-state index contributed by atoms with van der Waals surface area (Å²) in [6.07, 6.45) is 6.12. The number of rotatable bonds is 4. The first-order chi connectivity index (χ1) is 11.6. The Bertz CT molecular complexity index is 778. The summed E-state index contributed by atoms with van der Waals surface area (Å²) in [7, 11) is 3.54. The number of ether oxygens (including phenoxy) is 1. The van der Waals surface area contributed by atoms with Crippen molar-refractivity contribution in [3.05, 3.63) is 27.3 Å². The number of likely N-dealkylation sites (tertiary alicyclic amines) is 1. The highest BCUT2D eigenvalue weighted by Crippen LogP contribution is 2.43. The van der Waals surface area contributed by atoms with E-state index in [1.54, 1.807) is 29.3 Å². The fourth-order valence-corrected chi connectivity index (χ4v) is 4.68. The smallest absolute Gasteiger partial charge is 0.266 e. The molecule has 128 valence electrons. The Morgan fingerprint density at radius 3 is 2.88 bits per heavy atom. The van der Waals surface area contributed by atoms with Gasteiger partial charge < -0.3 is 9.64 Å². The van der Waals surface area contributed by atoms with E-state index in [9.17, 15) is 4.79 Å². The maximum absolute atomic E-state index is 13.0. The first-order valence-electron chi connectivity index (χ1n) is 8.44. The molecule has 0 N–H and O–H groups in total. The molecular formula is C17H22N4O2S. The largest absolute Gasteiger partial charge is 0.481 e. The van der Waals surface area contributed by atoms with Gasteiger partial charge >= 0.3 is 0 Å². The van der Waals surface area contributed by atoms with Gasteiger partial charge in [0.1, 0.15) is 4.88 Å². The number of thiazole rings is 1. The van der Waals surface area contributed by atoms with Crippen LogP contribution in [-0.4, -0.2) is 39.2 Å². The molecule has 1 atom stereocenters. The van der Waals surface area contributed by atoms with Crippen LogP contribution in [0.15, 0.2) is 6.20 Å². The summed E-state index contributed by atoms with van der Waals surface area (Å²) in [5, 5.41) is 5.59. The molecule has 2 aromatic rings. The molecule has 24 heavy (non-hydrogen) atoms. The zero-order valence-electron chi connectivity index (χ0n) is 14.3. The third-order valence-corrected chi connectivity index (χ3v) is 6.06. The lowest BCUT2D eigenvalue weighted by atomic mass is 10.0. The number of methoxy groups -OCH3 is 1. The molecule has 0 unspecified atom stereocenters. The zero-order valence-corrected chi connectivity index (χ0v) is 15.1. The van der Waals surface area contributed by atoms with Gasteiger partial charge in [-0.15, -0.1) is 11.3 Å². The van der Waals surface area contributed by atoms with Gasteiger partial charge in [-0.3, -0.25) is 4.79 Å². The highest BCUT2D eigenvalue weighted by Gasteiger charge is 2.36. The third-order valence-electron chi connectivity index (χ3n) is 4.92. The van der Waals surface area contributed by atoms with Crippen molar-refractivity contribution in [2.75, 3.05) is 13.7 Å². The number of aryl methyl sites for hydroxylation is 2. The van der Waals surface area contributed by atoms with Gasteiger partial charge in [0.2, 0.25) is 5.88 Å². The van der Waals surface area contributed by atoms with Crippen molar-refractivity contribution in [1.82, 2.24) is 19.7 Å². The second-order valence-electron chi connectivity index (χ2n) is 6.63. The van der Waals surface area contributed by atoms with Gasteiger partial charge in [0.05, 0.1) is 35.6 Å². The van der Waals surface area contributed by atoms with Crippen LogP contribution >= 0.6 is 11.3 Å². The molecule has 2 fully saturated rings. The molecule has 0 aromatic carbocycles. The predicted molar refractivity (Wildman–Crippen MR) is 91.6 cm³/mol. The molecule has 1 aliphatic heterocycles. The van der Waals surface area contributed by atoms with Crippen LogP contribution in [0.2, 0.25) is 0 Å². The van der Waals surface area contributed by atoms with Crippen molar-refractivity contribution in [3.8, 4) is 5.88 Å². The van der Waals surface area contributed by atoms with Gasteiger partial charge in [-0.25, -0.2) is 9.67 Å². The average Bonchev–Trinajstić information content (AvgIpc) is 3.00. The van der Waals surface area contributed by atoms with Crippen LogP contribution < -0.4 is 4.74 Å². The minimum Gasteiger partial charge on any atom is -0.481 e. The van der Waals surface area contributed by atoms with E-state index in [1.807, 2.05) is 18.9 Å². The van der Waals surface area contributed by atoms with Gasteiger partial charge in [0.25, 0.3) is 5.91 Å². The van der Waals surface area contributed by atoms with Crippen LogP contribution in [0.4, 0.5) is 0 Å². The van der Waals surface area contributed by atoms with Crippen LogP contribution in [0.1, 0.15) is 63.6 Å². The minimum absolute atomic E-state index is 0.0348. The van der Waals surface area contributed by atoms with E-state index in [0.29, 0.717) is 5.92 Å². The second-order valence-corrected chi connectivity index (χ2v) is 7.69. The Morgan fingerprint density at radius 1 is 1.38 bits per heavy atom. The Morgan fingerprint density at radius 2 is 2.17 bits per heavy atom. The Hall–Kier alpha value is -1.89. The summed E-state index contributed by atoms with van der Waals surface area (Å²) in [5.41, 5.74) is 1.97. The van der Waals surface area contributed by atoms with E-state index in [0.717, 1.165) is 46.4 Å². The first kappa shape index (κ1) is 15.6. The van der Waals surface area contributed by atoms with E-state index < -0.39 is 0 Å². The summed E-state index contributed by atoms with van der Waals surface area (Å²) in [6, 6.07) is 0.0348. The second kappa shape index (κ2) is 5.88. The van der Waals surface area contributed by atoms with E-state index in [-0.39, 0.29) is 11.9 Å². The molecule has 3 heterocycles. The van der Waals surface area contributed by atoms with Crippen LogP contribution in [0, 0.1) is 6.92 Å². The molecular weight excluding hydrogens is 324 g/mol. The molecule has 7 heteroatoms. The van der Waals surface area contributed by atoms with Crippen molar-refractivity contribution in [2.45, 2.75) is 44.6 Å². The molecule has 0 bridgehead atoms. The van der Waals surface area contributed by atoms with Crippen molar-refractivity contribution in [2.24, 2.45) is 7.05 Å². The topological polar surface area (TPSA) is 60.2 Å². The molecule has 4 rings (SSSR count). The zero-order chi connectivity index (χ0) is 16.8. The van der Waals surface area contributed by atoms with Gasteiger partial charge in [0.15, 0.2) is 0 Å². The normalized spacial score (nSPS) is 20.6. The fraction of sp³-hybridized carbons (Fsp3) is 0.588. The molecule has 2 aliphatic rings. The third kappa shape index (κ3) is 2.51. The Labute approximate surface area is 145 Å². The number of carbonyl (C=O) groups excluding carboxylic acids is 1. The van der Waals surface area contributed by atoms with Gasteiger partial charge in [0, 0.05) is 19.5 Å². The molecule has 2 aromatic heterocycles. The SMILES string of the molecule is COc1c([C@@H]2CCCN2C(=O)c2cnc(C3CC3)s2)c(C)nn1C. The molecule has 1 saturated heterocycles. The van der Waals surface area contributed by atoms with Crippen LogP contribution in [0.5, 0.6) is 5.88 Å². The summed E-state index contributed by atoms with van der Waals surface area (Å²) >= 11 is 1.56. The standard InChI is InChI=1S/C17H22N4O2S/c1-10-14(17(23-3)20(2)19-10)12-5-4-8-21(12)16(22)13-9-18-15(24-13)11-6-7-11/h9,11-12H,4-8H2,1-3H3/t12-/m0/s1. The van der Waals surface area contributed by atoms with Crippen molar-refractivity contribution in [3.63, 3.8) is 0 Å². The molecule has 0 spiro atoms. The quantitative estimate of drug-likeness (QED) is 0.854. The lowest BCUT2D eigenvalue weighted by molar-refractivity contribution is 0.0738. The maximum atomic E-state index is 13.0. The highest BCUT2D eigenvalue weighted by atomic mass is 32.1. The molecule has 0 radical (unpaired) electrons. The Balaban J connectivity index is 1.63. The maximum Gasteiger partial charge on any atom is 0.266 e. The first-order valence-corrected chi connectivity index (χ1v) is 9.26. The van der Waals surface area contributed by atoms with Crippen molar-refractivity contribution < 1.29 is 9.53 Å². The molecule has 1 saturated carbocycles. The number of carbonyl (C=O) groups is 1. The van der Waals surface area contributed by atoms with Gasteiger partial charge in [-0.05, 0) is 32.6 Å². The lowest BCUT2D eigenvalue weighted by Gasteiger charge is -2.24. The van der Waals surface area contributed by atoms with Gasteiger partial charge in [-0.2, -0.15) is 5.10 Å². The van der Waals surface area contributed by atoms with E-state index in [2.05, 4.69) is 10.1 Å². The number of amides is 1. The average molecular weight is 346 g/mol. The fourth-order valence-electron chi connectivity index (χ4n) is 3.64. The van der Waals surface area contributed by atoms with Gasteiger partial charge in [-0.1, -0.05) is 0 Å². The highest BCUT2D eigenvalue weighted by molar-refractivity contribution is 7.13. The monoisotopic (exact) mass is 346 g/mol. The predicted octanol–water partition coefficient (Wildman–Crippen LogP) is 3.05. The van der Waals surface area contributed by atoms with E-state index in [1.165, 1.54) is 12.8 Å². The summed E-state index contributed by atoms with van der Waals surface area (Å²) in [6.45, 7) is 2.76. The van der Waals surface area contributed by atoms with Crippen LogP contribution in [0.3, 0.4) is 0 Å². The minimum atomic E-state index is 0.0348. The number of hydrogen-bond donors (Lipinski definition) is 0. The van der Waals surface area contributed by atoms with Crippen LogP contribution in [0.25, 0.3) is 0 Å².